The summed E-state index contributed by atoms with van der Waals surface area (Å²) in [6.07, 6.45) is 0. The van der Waals surface area contributed by atoms with Gasteiger partial charge in [0.05, 0.1) is 12.8 Å². The maximum absolute atomic E-state index is 11.6. The van der Waals surface area contributed by atoms with Crippen LogP contribution in [-0.2, 0) is 9.53 Å². The number of benzene rings is 2. The van der Waals surface area contributed by atoms with Crippen molar-refractivity contribution in [3.63, 3.8) is 0 Å². The van der Waals surface area contributed by atoms with Gasteiger partial charge in [-0.3, -0.25) is 4.99 Å². The van der Waals surface area contributed by atoms with Crippen molar-refractivity contribution < 1.29 is 9.53 Å². The van der Waals surface area contributed by atoms with Gasteiger partial charge in [0.25, 0.3) is 0 Å². The van der Waals surface area contributed by atoms with Gasteiger partial charge >= 0.3 is 5.97 Å². The molecule has 3 nitrogen and oxygen atoms in total. The molecule has 2 aromatic rings. The standard InChI is InChI=1S/C17H17NO2/c1-13(17(19)20-2)18-16(14-9-5-3-6-10-14)15-11-7-4-8-12-15/h3-13H,1-2H3/t13-/m0/s1. The second-order valence-corrected chi connectivity index (χ2v) is 4.41. The molecule has 0 aromatic heterocycles. The SMILES string of the molecule is COC(=O)[C@H](C)N=C(c1ccccc1)c1ccccc1. The predicted molar refractivity (Wildman–Crippen MR) is 80.0 cm³/mol. The fourth-order valence-corrected chi connectivity index (χ4v) is 1.92. The van der Waals surface area contributed by atoms with Gasteiger partial charge in [-0.1, -0.05) is 60.7 Å². The second kappa shape index (κ2) is 6.66. The Morgan fingerprint density at radius 1 is 0.950 bits per heavy atom. The third kappa shape index (κ3) is 3.32. The fraction of sp³-hybridized carbons (Fsp3) is 0.176. The minimum Gasteiger partial charge on any atom is -0.467 e. The Balaban J connectivity index is 2.45. The van der Waals surface area contributed by atoms with E-state index in [0.29, 0.717) is 0 Å². The molecular weight excluding hydrogens is 250 g/mol. The van der Waals surface area contributed by atoms with E-state index in [4.69, 9.17) is 4.74 Å². The minimum absolute atomic E-state index is 0.339. The van der Waals surface area contributed by atoms with E-state index in [-0.39, 0.29) is 5.97 Å². The Labute approximate surface area is 118 Å². The lowest BCUT2D eigenvalue weighted by atomic mass is 10.0. The van der Waals surface area contributed by atoms with Crippen LogP contribution in [0, 0.1) is 0 Å². The molecule has 20 heavy (non-hydrogen) atoms. The molecule has 3 heteroatoms. The Morgan fingerprint density at radius 2 is 1.40 bits per heavy atom. The van der Waals surface area contributed by atoms with Gasteiger partial charge in [-0.05, 0) is 6.92 Å². The molecule has 0 saturated heterocycles. The first-order valence-electron chi connectivity index (χ1n) is 6.49. The lowest BCUT2D eigenvalue weighted by Crippen LogP contribution is -2.19. The molecule has 0 aliphatic rings. The molecule has 0 aliphatic carbocycles. The van der Waals surface area contributed by atoms with E-state index in [1.54, 1.807) is 6.92 Å². The summed E-state index contributed by atoms with van der Waals surface area (Å²) < 4.78 is 4.74. The molecule has 0 heterocycles. The van der Waals surface area contributed by atoms with E-state index < -0.39 is 6.04 Å². The van der Waals surface area contributed by atoms with Gasteiger partial charge in [0.2, 0.25) is 0 Å². The Kier molecular flexibility index (Phi) is 4.66. The minimum atomic E-state index is -0.532. The van der Waals surface area contributed by atoms with Gasteiger partial charge in [0.1, 0.15) is 6.04 Å². The molecule has 0 spiro atoms. The predicted octanol–water partition coefficient (Wildman–Crippen LogP) is 3.09. The van der Waals surface area contributed by atoms with E-state index >= 15 is 0 Å². The third-order valence-electron chi connectivity index (χ3n) is 2.96. The highest BCUT2D eigenvalue weighted by molar-refractivity contribution is 6.13. The maximum Gasteiger partial charge on any atom is 0.330 e. The number of carbonyl (C=O) groups is 1. The quantitative estimate of drug-likeness (QED) is 0.630. The van der Waals surface area contributed by atoms with Crippen molar-refractivity contribution >= 4 is 11.7 Å². The van der Waals surface area contributed by atoms with Crippen LogP contribution in [0.5, 0.6) is 0 Å². The number of rotatable bonds is 4. The van der Waals surface area contributed by atoms with Gasteiger partial charge in [-0.2, -0.15) is 0 Å². The number of ether oxygens (including phenoxy) is 1. The topological polar surface area (TPSA) is 38.7 Å². The highest BCUT2D eigenvalue weighted by Gasteiger charge is 2.14. The van der Waals surface area contributed by atoms with Gasteiger partial charge in [0.15, 0.2) is 0 Å². The van der Waals surface area contributed by atoms with Crippen LogP contribution >= 0.6 is 0 Å². The summed E-state index contributed by atoms with van der Waals surface area (Å²) in [5.74, 6) is -0.339. The molecule has 2 rings (SSSR count). The molecule has 0 N–H and O–H groups in total. The van der Waals surface area contributed by atoms with Gasteiger partial charge in [0, 0.05) is 11.1 Å². The van der Waals surface area contributed by atoms with Crippen molar-refractivity contribution in [2.24, 2.45) is 4.99 Å². The lowest BCUT2D eigenvalue weighted by molar-refractivity contribution is -0.141. The zero-order chi connectivity index (χ0) is 14.4. The Morgan fingerprint density at radius 3 is 1.80 bits per heavy atom. The van der Waals surface area contributed by atoms with E-state index in [1.165, 1.54) is 7.11 Å². The smallest absolute Gasteiger partial charge is 0.330 e. The van der Waals surface area contributed by atoms with Crippen molar-refractivity contribution in [3.8, 4) is 0 Å². The summed E-state index contributed by atoms with van der Waals surface area (Å²) in [6, 6.07) is 19.1. The highest BCUT2D eigenvalue weighted by Crippen LogP contribution is 2.12. The van der Waals surface area contributed by atoms with Gasteiger partial charge in [-0.25, -0.2) is 4.79 Å². The average Bonchev–Trinajstić information content (AvgIpc) is 2.53. The van der Waals surface area contributed by atoms with E-state index in [9.17, 15) is 4.79 Å². The highest BCUT2D eigenvalue weighted by atomic mass is 16.5. The van der Waals surface area contributed by atoms with Crippen LogP contribution in [0.15, 0.2) is 65.7 Å². The summed E-state index contributed by atoms with van der Waals surface area (Å²) >= 11 is 0. The Hall–Kier alpha value is -2.42. The summed E-state index contributed by atoms with van der Waals surface area (Å²) in [5, 5.41) is 0. The van der Waals surface area contributed by atoms with Crippen LogP contribution in [0.25, 0.3) is 0 Å². The number of hydrogen-bond acceptors (Lipinski definition) is 3. The van der Waals surface area contributed by atoms with Crippen LogP contribution in [0.2, 0.25) is 0 Å². The number of carbonyl (C=O) groups excluding carboxylic acids is 1. The summed E-state index contributed by atoms with van der Waals surface area (Å²) in [4.78, 5) is 16.1. The van der Waals surface area contributed by atoms with Crippen molar-refractivity contribution in [1.82, 2.24) is 0 Å². The average molecular weight is 267 g/mol. The zero-order valence-corrected chi connectivity index (χ0v) is 11.6. The fourth-order valence-electron chi connectivity index (χ4n) is 1.92. The first-order valence-corrected chi connectivity index (χ1v) is 6.49. The molecule has 0 fully saturated rings. The van der Waals surface area contributed by atoms with Crippen molar-refractivity contribution in [1.29, 1.82) is 0 Å². The Bertz CT molecular complexity index is 549. The summed E-state index contributed by atoms with van der Waals surface area (Å²) in [7, 11) is 1.37. The van der Waals surface area contributed by atoms with Gasteiger partial charge in [-0.15, -0.1) is 0 Å². The van der Waals surface area contributed by atoms with Crippen LogP contribution in [0.1, 0.15) is 18.1 Å². The first kappa shape index (κ1) is 14.0. The van der Waals surface area contributed by atoms with Crippen molar-refractivity contribution in [2.45, 2.75) is 13.0 Å². The number of methoxy groups -OCH3 is 1. The molecule has 0 bridgehead atoms. The van der Waals surface area contributed by atoms with Crippen LogP contribution in [0.3, 0.4) is 0 Å². The van der Waals surface area contributed by atoms with Crippen LogP contribution in [-0.4, -0.2) is 24.8 Å². The normalized spacial score (nSPS) is 11.5. The summed E-state index contributed by atoms with van der Waals surface area (Å²) in [6.45, 7) is 1.73. The van der Waals surface area contributed by atoms with E-state index in [0.717, 1.165) is 16.8 Å². The second-order valence-electron chi connectivity index (χ2n) is 4.41. The molecule has 0 unspecified atom stereocenters. The molecule has 0 aliphatic heterocycles. The number of hydrogen-bond donors (Lipinski definition) is 0. The van der Waals surface area contributed by atoms with Gasteiger partial charge < -0.3 is 4.74 Å². The third-order valence-corrected chi connectivity index (χ3v) is 2.96. The largest absolute Gasteiger partial charge is 0.467 e. The maximum atomic E-state index is 11.6. The monoisotopic (exact) mass is 267 g/mol. The lowest BCUT2D eigenvalue weighted by Gasteiger charge is -2.10. The van der Waals surface area contributed by atoms with Crippen molar-refractivity contribution in [2.75, 3.05) is 7.11 Å². The van der Waals surface area contributed by atoms with Crippen LogP contribution < -0.4 is 0 Å². The molecule has 1 atom stereocenters. The molecule has 0 saturated carbocycles. The first-order chi connectivity index (χ1) is 9.72. The van der Waals surface area contributed by atoms with E-state index in [1.807, 2.05) is 60.7 Å². The number of nitrogens with zero attached hydrogens (tertiary/aromatic N) is 1. The van der Waals surface area contributed by atoms with E-state index in [2.05, 4.69) is 4.99 Å². The number of esters is 1. The zero-order valence-electron chi connectivity index (χ0n) is 11.6. The molecule has 0 radical (unpaired) electrons. The molecule has 102 valence electrons. The molecule has 0 amide bonds. The molecule has 2 aromatic carbocycles. The number of aliphatic imine (C=N–C) groups is 1. The molecular formula is C17H17NO2. The van der Waals surface area contributed by atoms with Crippen LogP contribution in [0.4, 0.5) is 0 Å². The van der Waals surface area contributed by atoms with Crippen molar-refractivity contribution in [3.05, 3.63) is 71.8 Å². The summed E-state index contributed by atoms with van der Waals surface area (Å²) in [5.41, 5.74) is 2.76.